The molecule has 38 heavy (non-hydrogen) atoms. The van der Waals surface area contributed by atoms with E-state index in [-0.39, 0.29) is 49.1 Å². The lowest BCUT2D eigenvalue weighted by Gasteiger charge is -2.32. The summed E-state index contributed by atoms with van der Waals surface area (Å²) < 4.78 is 0. The molecule has 2 aromatic rings. The van der Waals surface area contributed by atoms with Crippen molar-refractivity contribution in [2.24, 2.45) is 11.5 Å². The van der Waals surface area contributed by atoms with E-state index in [4.69, 9.17) is 34.7 Å². The lowest BCUT2D eigenvalue weighted by Crippen LogP contribution is -2.51. The van der Waals surface area contributed by atoms with Gasteiger partial charge in [-0.05, 0) is 61.8 Å². The zero-order chi connectivity index (χ0) is 27.2. The zero-order valence-corrected chi connectivity index (χ0v) is 23.0. The van der Waals surface area contributed by atoms with Crippen LogP contribution in [0.4, 0.5) is 0 Å². The molecule has 2 heterocycles. The smallest absolute Gasteiger partial charge is 0.240 e. The van der Waals surface area contributed by atoms with E-state index in [2.05, 4.69) is 17.0 Å². The van der Waals surface area contributed by atoms with Crippen molar-refractivity contribution >= 4 is 40.8 Å². The molecule has 1 unspecified atom stereocenters. The lowest BCUT2D eigenvalue weighted by atomic mass is 9.97. The van der Waals surface area contributed by atoms with E-state index in [0.29, 0.717) is 36.0 Å². The Bertz CT molecular complexity index is 1150. The highest BCUT2D eigenvalue weighted by molar-refractivity contribution is 6.42. The van der Waals surface area contributed by atoms with Crippen molar-refractivity contribution in [2.45, 2.75) is 75.5 Å². The molecule has 204 valence electrons. The van der Waals surface area contributed by atoms with Crippen LogP contribution in [0.5, 0.6) is 0 Å². The third-order valence-electron chi connectivity index (χ3n) is 7.78. The minimum absolute atomic E-state index is 0.0400. The number of nitrogens with two attached hydrogens (primary N) is 2. The van der Waals surface area contributed by atoms with Crippen LogP contribution >= 0.6 is 23.2 Å². The molecule has 2 aliphatic rings. The Kier molecular flexibility index (Phi) is 9.82. The molecular weight excluding hydrogens is 523 g/mol. The second kappa shape index (κ2) is 13.1. The third kappa shape index (κ3) is 7.14. The molecule has 2 amide bonds. The molecule has 0 saturated carbocycles. The first-order chi connectivity index (χ1) is 18.2. The number of benzene rings is 2. The number of fused-ring (bicyclic) bond motifs is 1. The Hall–Kier alpha value is -2.45. The summed E-state index contributed by atoms with van der Waals surface area (Å²) in [6, 6.07) is 14.7. The number of hydrogen-bond acceptors (Lipinski definition) is 5. The van der Waals surface area contributed by atoms with Crippen LogP contribution < -0.4 is 11.5 Å². The molecule has 0 bridgehead atoms. The zero-order valence-electron chi connectivity index (χ0n) is 21.5. The van der Waals surface area contributed by atoms with Crippen molar-refractivity contribution in [3.63, 3.8) is 0 Å². The lowest BCUT2D eigenvalue weighted by molar-refractivity contribution is -0.142. The van der Waals surface area contributed by atoms with E-state index in [0.717, 1.165) is 24.8 Å². The summed E-state index contributed by atoms with van der Waals surface area (Å²) in [5.74, 6) is -0.639. The quantitative estimate of drug-likeness (QED) is 0.436. The maximum absolute atomic E-state index is 13.9. The van der Waals surface area contributed by atoms with Crippen LogP contribution in [-0.2, 0) is 27.2 Å². The third-order valence-corrected chi connectivity index (χ3v) is 8.52. The fraction of sp³-hybridized carbons (Fsp3) is 0.483. The summed E-state index contributed by atoms with van der Waals surface area (Å²) in [5.41, 5.74) is 13.9. The highest BCUT2D eigenvalue weighted by Gasteiger charge is 2.45. The maximum atomic E-state index is 13.9. The first kappa shape index (κ1) is 28.6. The van der Waals surface area contributed by atoms with Gasteiger partial charge in [0.05, 0.1) is 22.1 Å². The molecule has 4 atom stereocenters. The number of carbonyl (C=O) groups excluding carboxylic acids is 3. The standard InChI is InChI=1S/C29H36Cl2N4O3/c30-23-10-7-20(16-24(23)31)8-12-27(36)25(11-13-28(33)37)34-15-14-22(9-6-19-4-2-1-3-5-19)35-18-21(32)17-26(35)29(34)38/h1-5,7,10,16,21-22,25-26H,6,8-9,11-15,17-18,32H2,(H2,33,37)/t21-,22?,25-,26+/m1/s1. The fourth-order valence-corrected chi connectivity index (χ4v) is 6.11. The summed E-state index contributed by atoms with van der Waals surface area (Å²) in [4.78, 5) is 43.0. The molecule has 2 saturated heterocycles. The van der Waals surface area contributed by atoms with Gasteiger partial charge in [0.15, 0.2) is 5.78 Å². The second-order valence-electron chi connectivity index (χ2n) is 10.4. The molecule has 0 radical (unpaired) electrons. The predicted molar refractivity (Wildman–Crippen MR) is 150 cm³/mol. The molecule has 2 aromatic carbocycles. The van der Waals surface area contributed by atoms with E-state index < -0.39 is 11.9 Å². The Morgan fingerprint density at radius 3 is 2.47 bits per heavy atom. The van der Waals surface area contributed by atoms with Gasteiger partial charge in [0.2, 0.25) is 11.8 Å². The molecule has 0 spiro atoms. The van der Waals surface area contributed by atoms with Crippen molar-refractivity contribution in [1.82, 2.24) is 9.80 Å². The maximum Gasteiger partial charge on any atom is 0.240 e. The van der Waals surface area contributed by atoms with Gasteiger partial charge in [-0.25, -0.2) is 0 Å². The largest absolute Gasteiger partial charge is 0.370 e. The van der Waals surface area contributed by atoms with Crippen molar-refractivity contribution in [3.05, 3.63) is 69.7 Å². The normalized spacial score (nSPS) is 22.7. The summed E-state index contributed by atoms with van der Waals surface area (Å²) >= 11 is 12.2. The van der Waals surface area contributed by atoms with Crippen LogP contribution in [0.3, 0.4) is 0 Å². The van der Waals surface area contributed by atoms with Gasteiger partial charge in [0.1, 0.15) is 0 Å². The molecular formula is C29H36Cl2N4O3. The molecule has 2 aliphatic heterocycles. The monoisotopic (exact) mass is 558 g/mol. The number of nitrogens with zero attached hydrogens (tertiary/aromatic N) is 2. The van der Waals surface area contributed by atoms with Crippen LogP contribution in [0.1, 0.15) is 49.7 Å². The summed E-state index contributed by atoms with van der Waals surface area (Å²) in [7, 11) is 0. The van der Waals surface area contributed by atoms with E-state index >= 15 is 0 Å². The number of aryl methyl sites for hydroxylation is 2. The van der Waals surface area contributed by atoms with Gasteiger partial charge in [0, 0.05) is 38.0 Å². The number of halogens is 2. The van der Waals surface area contributed by atoms with Crippen molar-refractivity contribution < 1.29 is 14.4 Å². The van der Waals surface area contributed by atoms with E-state index in [1.165, 1.54) is 5.56 Å². The summed E-state index contributed by atoms with van der Waals surface area (Å²) in [6.07, 6.45) is 4.07. The Morgan fingerprint density at radius 2 is 1.76 bits per heavy atom. The van der Waals surface area contributed by atoms with Crippen molar-refractivity contribution in [2.75, 3.05) is 13.1 Å². The molecule has 0 aromatic heterocycles. The molecule has 7 nitrogen and oxygen atoms in total. The fourth-order valence-electron chi connectivity index (χ4n) is 5.79. The average Bonchev–Trinajstić information content (AvgIpc) is 3.24. The van der Waals surface area contributed by atoms with E-state index in [1.54, 1.807) is 17.0 Å². The number of primary amides is 1. The summed E-state index contributed by atoms with van der Waals surface area (Å²) in [6.45, 7) is 1.13. The molecule has 0 aliphatic carbocycles. The van der Waals surface area contributed by atoms with E-state index in [1.807, 2.05) is 24.3 Å². The van der Waals surface area contributed by atoms with Gasteiger partial charge in [-0.15, -0.1) is 0 Å². The van der Waals surface area contributed by atoms with Gasteiger partial charge in [-0.1, -0.05) is 59.6 Å². The van der Waals surface area contributed by atoms with Gasteiger partial charge in [-0.2, -0.15) is 0 Å². The van der Waals surface area contributed by atoms with Gasteiger partial charge in [-0.3, -0.25) is 19.3 Å². The Labute approximate surface area is 234 Å². The predicted octanol–water partition coefficient (Wildman–Crippen LogP) is 3.76. The first-order valence-corrected chi connectivity index (χ1v) is 14.1. The topological polar surface area (TPSA) is 110 Å². The molecule has 4 rings (SSSR count). The number of ketones is 1. The number of carbonyl (C=O) groups is 3. The highest BCUT2D eigenvalue weighted by atomic mass is 35.5. The van der Waals surface area contributed by atoms with Gasteiger partial charge in [0.25, 0.3) is 0 Å². The minimum atomic E-state index is -0.704. The second-order valence-corrected chi connectivity index (χ2v) is 11.3. The van der Waals surface area contributed by atoms with Crippen LogP contribution in [0, 0.1) is 0 Å². The van der Waals surface area contributed by atoms with Crippen LogP contribution in [-0.4, -0.2) is 64.7 Å². The molecule has 9 heteroatoms. The number of amides is 2. The first-order valence-electron chi connectivity index (χ1n) is 13.3. The average molecular weight is 560 g/mol. The van der Waals surface area contributed by atoms with E-state index in [9.17, 15) is 14.4 Å². The van der Waals surface area contributed by atoms with Gasteiger partial charge < -0.3 is 16.4 Å². The van der Waals surface area contributed by atoms with Crippen molar-refractivity contribution in [1.29, 1.82) is 0 Å². The highest BCUT2D eigenvalue weighted by Crippen LogP contribution is 2.31. The van der Waals surface area contributed by atoms with Crippen LogP contribution in [0.25, 0.3) is 0 Å². The summed E-state index contributed by atoms with van der Waals surface area (Å²) in [5, 5.41) is 0.890. The number of rotatable bonds is 11. The molecule has 4 N–H and O–H groups in total. The Balaban J connectivity index is 1.51. The van der Waals surface area contributed by atoms with Crippen LogP contribution in [0.2, 0.25) is 10.0 Å². The van der Waals surface area contributed by atoms with Crippen molar-refractivity contribution in [3.8, 4) is 0 Å². The Morgan fingerprint density at radius 1 is 1.00 bits per heavy atom. The number of hydrogen-bond donors (Lipinski definition) is 2. The molecule has 2 fully saturated rings. The number of Topliss-reactive ketones (excluding diaryl/α,β-unsaturated/α-hetero) is 1. The van der Waals surface area contributed by atoms with Gasteiger partial charge >= 0.3 is 0 Å². The minimum Gasteiger partial charge on any atom is -0.370 e. The van der Waals surface area contributed by atoms with Crippen LogP contribution in [0.15, 0.2) is 48.5 Å². The SMILES string of the molecule is NC(=O)CC[C@H](C(=O)CCc1ccc(Cl)c(Cl)c1)N1CCC(CCc2ccccc2)N2C[C@H](N)C[C@H]2C1=O.